The van der Waals surface area contributed by atoms with Crippen molar-refractivity contribution >= 4 is 19.8 Å². The molecule has 90 valence electrons. The third-order valence-corrected chi connectivity index (χ3v) is 6.10. The van der Waals surface area contributed by atoms with Gasteiger partial charge < -0.3 is 0 Å². The van der Waals surface area contributed by atoms with E-state index in [1.54, 1.807) is 19.1 Å². The van der Waals surface area contributed by atoms with E-state index in [1.807, 2.05) is 6.92 Å². The highest BCUT2D eigenvalue weighted by Gasteiger charge is 2.14. The Morgan fingerprint density at radius 3 is 2.06 bits per heavy atom. The van der Waals surface area contributed by atoms with Gasteiger partial charge in [0.2, 0.25) is 0 Å². The molecule has 1 atom stereocenters. The molecule has 0 saturated carbocycles. The lowest BCUT2D eigenvalue weighted by Crippen LogP contribution is -2.05. The van der Waals surface area contributed by atoms with Crippen LogP contribution in [0.5, 0.6) is 0 Å². The second kappa shape index (κ2) is 4.55. The molecule has 1 aromatic carbocycles. The van der Waals surface area contributed by atoms with E-state index >= 15 is 0 Å². The Hall–Kier alpha value is -0.880. The predicted molar refractivity (Wildman–Crippen MR) is 65.4 cm³/mol. The van der Waals surface area contributed by atoms with Gasteiger partial charge in [-0.15, -0.1) is 3.77 Å². The van der Waals surface area contributed by atoms with Crippen LogP contribution in [0.3, 0.4) is 0 Å². The molecule has 0 aromatic heterocycles. The van der Waals surface area contributed by atoms with E-state index in [4.69, 9.17) is 0 Å². The van der Waals surface area contributed by atoms with Crippen LogP contribution in [0.1, 0.15) is 12.5 Å². The molecule has 0 heterocycles. The number of benzene rings is 1. The van der Waals surface area contributed by atoms with Crippen LogP contribution in [0.4, 0.5) is 0 Å². The maximum absolute atomic E-state index is 11.8. The molecule has 0 amide bonds. The van der Waals surface area contributed by atoms with Gasteiger partial charge in [-0.25, -0.2) is 4.21 Å². The summed E-state index contributed by atoms with van der Waals surface area (Å²) in [5.41, 5.74) is 0.965. The molecule has 0 saturated heterocycles. The van der Waals surface area contributed by atoms with Crippen LogP contribution < -0.4 is 0 Å². The highest BCUT2D eigenvalue weighted by Crippen LogP contribution is 2.14. The topological polar surface area (TPSA) is 63.6 Å². The Morgan fingerprint density at radius 1 is 1.12 bits per heavy atom. The number of nitrogens with zero attached hydrogens (tertiary/aromatic N) is 1. The summed E-state index contributed by atoms with van der Waals surface area (Å²) in [6.07, 6.45) is 1.35. The minimum absolute atomic E-state index is 0.0844. The average molecular weight is 261 g/mol. The molecular formula is C10H15NO3S2. The minimum Gasteiger partial charge on any atom is -0.249 e. The Kier molecular flexibility index (Phi) is 3.75. The van der Waals surface area contributed by atoms with Crippen LogP contribution in [-0.4, -0.2) is 24.6 Å². The van der Waals surface area contributed by atoms with Crippen molar-refractivity contribution in [2.45, 2.75) is 18.7 Å². The number of hydrogen-bond donors (Lipinski definition) is 0. The first-order chi connectivity index (χ1) is 7.27. The highest BCUT2D eigenvalue weighted by molar-refractivity contribution is 8.02. The number of sulfonamides is 1. The molecule has 0 spiro atoms. The maximum atomic E-state index is 11.8. The summed E-state index contributed by atoms with van der Waals surface area (Å²) in [7, 11) is -6.45. The van der Waals surface area contributed by atoms with E-state index < -0.39 is 19.8 Å². The lowest BCUT2D eigenvalue weighted by molar-refractivity contribution is 0.598. The molecule has 4 nitrogen and oxygen atoms in total. The fourth-order valence-corrected chi connectivity index (χ4v) is 3.92. The van der Waals surface area contributed by atoms with Gasteiger partial charge in [-0.3, -0.25) is 0 Å². The number of hydrogen-bond acceptors (Lipinski definition) is 3. The molecule has 0 aliphatic carbocycles. The summed E-state index contributed by atoms with van der Waals surface area (Å²) >= 11 is 0. The number of rotatable bonds is 3. The summed E-state index contributed by atoms with van der Waals surface area (Å²) in [6.45, 7) is 3.51. The van der Waals surface area contributed by atoms with Crippen LogP contribution in [0.25, 0.3) is 0 Å². The van der Waals surface area contributed by atoms with Crippen molar-refractivity contribution in [1.82, 2.24) is 0 Å². The molecule has 0 aliphatic rings. The van der Waals surface area contributed by atoms with E-state index in [9.17, 15) is 12.6 Å². The van der Waals surface area contributed by atoms with Crippen molar-refractivity contribution in [3.05, 3.63) is 29.8 Å². The molecule has 0 fully saturated rings. The number of aryl methyl sites for hydroxylation is 1. The van der Waals surface area contributed by atoms with Gasteiger partial charge >= 0.3 is 0 Å². The normalized spacial score (nSPS) is 15.4. The molecule has 1 rings (SSSR count). The molecule has 0 radical (unpaired) electrons. The van der Waals surface area contributed by atoms with Gasteiger partial charge in [-0.05, 0) is 19.1 Å². The lowest BCUT2D eigenvalue weighted by atomic mass is 10.2. The fourth-order valence-electron chi connectivity index (χ4n) is 1.01. The van der Waals surface area contributed by atoms with Crippen LogP contribution in [0.2, 0.25) is 0 Å². The highest BCUT2D eigenvalue weighted by atomic mass is 32.3. The van der Waals surface area contributed by atoms with E-state index in [1.165, 1.54) is 18.4 Å². The quantitative estimate of drug-likeness (QED) is 0.833. The van der Waals surface area contributed by atoms with E-state index in [0.717, 1.165) is 5.56 Å². The zero-order valence-corrected chi connectivity index (χ0v) is 11.1. The first-order valence-electron chi connectivity index (χ1n) is 4.79. The molecule has 1 aromatic rings. The summed E-state index contributed by atoms with van der Waals surface area (Å²) in [5.74, 6) is 0.220. The van der Waals surface area contributed by atoms with Crippen LogP contribution >= 0.6 is 0 Å². The standard InChI is InChI=1S/C10H15NO3S2/c1-4-15(3,12)11-16(13,14)10-7-5-9(2)6-8-10/h5-8H,4H2,1-3H3/t15-/m0/s1. The smallest absolute Gasteiger partial charge is 0.249 e. The van der Waals surface area contributed by atoms with Crippen molar-refractivity contribution in [1.29, 1.82) is 0 Å². The largest absolute Gasteiger partial charge is 0.290 e. The van der Waals surface area contributed by atoms with Gasteiger partial charge in [0.05, 0.1) is 14.6 Å². The molecule has 0 unspecified atom stereocenters. The van der Waals surface area contributed by atoms with Gasteiger partial charge in [0.15, 0.2) is 0 Å². The van der Waals surface area contributed by atoms with Crippen molar-refractivity contribution in [2.24, 2.45) is 3.77 Å². The van der Waals surface area contributed by atoms with Crippen molar-refractivity contribution in [2.75, 3.05) is 12.0 Å². The summed E-state index contributed by atoms with van der Waals surface area (Å²) in [6, 6.07) is 6.32. The molecule has 0 bridgehead atoms. The van der Waals surface area contributed by atoms with Gasteiger partial charge in [0.1, 0.15) is 0 Å². The molecule has 0 aliphatic heterocycles. The summed E-state index contributed by atoms with van der Waals surface area (Å²) in [5, 5.41) is 0. The zero-order chi connectivity index (χ0) is 12.4. The van der Waals surface area contributed by atoms with E-state index in [-0.39, 0.29) is 10.6 Å². The first kappa shape index (κ1) is 13.2. The second-order valence-electron chi connectivity index (χ2n) is 3.61. The van der Waals surface area contributed by atoms with Crippen molar-refractivity contribution in [3.8, 4) is 0 Å². The molecular weight excluding hydrogens is 246 g/mol. The minimum atomic E-state index is -3.80. The van der Waals surface area contributed by atoms with Crippen LogP contribution in [0, 0.1) is 6.92 Å². The Balaban J connectivity index is 3.29. The zero-order valence-electron chi connectivity index (χ0n) is 9.50. The van der Waals surface area contributed by atoms with Crippen molar-refractivity contribution in [3.63, 3.8) is 0 Å². The van der Waals surface area contributed by atoms with Crippen molar-refractivity contribution < 1.29 is 12.6 Å². The fraction of sp³-hybridized carbons (Fsp3) is 0.400. The van der Waals surface area contributed by atoms with Gasteiger partial charge in [0, 0.05) is 12.0 Å². The monoisotopic (exact) mass is 261 g/mol. The van der Waals surface area contributed by atoms with Gasteiger partial charge in [-0.1, -0.05) is 24.6 Å². The van der Waals surface area contributed by atoms with E-state index in [2.05, 4.69) is 3.77 Å². The Bertz CT molecular complexity index is 579. The van der Waals surface area contributed by atoms with E-state index in [0.29, 0.717) is 0 Å². The maximum Gasteiger partial charge on any atom is 0.290 e. The lowest BCUT2D eigenvalue weighted by Gasteiger charge is -2.02. The molecule has 0 N–H and O–H groups in total. The molecule has 16 heavy (non-hydrogen) atoms. The SMILES string of the molecule is CC[S@](C)(=O)=NS(=O)(=O)c1ccc(C)cc1. The van der Waals surface area contributed by atoms with Crippen LogP contribution in [0.15, 0.2) is 32.9 Å². The van der Waals surface area contributed by atoms with Gasteiger partial charge in [0.25, 0.3) is 10.0 Å². The predicted octanol–water partition coefficient (Wildman–Crippen LogP) is 1.80. The average Bonchev–Trinajstić information content (AvgIpc) is 2.17. The summed E-state index contributed by atoms with van der Waals surface area (Å²) < 4.78 is 38.7. The third kappa shape index (κ3) is 3.31. The Morgan fingerprint density at radius 2 is 1.62 bits per heavy atom. The van der Waals surface area contributed by atoms with Gasteiger partial charge in [-0.2, -0.15) is 8.42 Å². The first-order valence-corrected chi connectivity index (χ1v) is 8.33. The molecule has 6 heteroatoms. The Labute approximate surface area is 96.9 Å². The second-order valence-corrected chi connectivity index (χ2v) is 8.12. The van der Waals surface area contributed by atoms with Crippen LogP contribution in [-0.2, 0) is 19.8 Å². The summed E-state index contributed by atoms with van der Waals surface area (Å²) in [4.78, 5) is 0.0844. The third-order valence-electron chi connectivity index (χ3n) is 2.11.